The Morgan fingerprint density at radius 2 is 2.50 bits per heavy atom. The van der Waals surface area contributed by atoms with Gasteiger partial charge in [0.05, 0.1) is 6.10 Å². The molecule has 0 spiro atoms. The molecule has 1 aromatic heterocycles. The van der Waals surface area contributed by atoms with Gasteiger partial charge in [-0.2, -0.15) is 0 Å². The van der Waals surface area contributed by atoms with E-state index >= 15 is 0 Å². The zero-order valence-electron chi connectivity index (χ0n) is 7.27. The van der Waals surface area contributed by atoms with Crippen molar-refractivity contribution >= 4 is 0 Å². The number of aromatic nitrogens is 2. The molecule has 1 unspecified atom stereocenters. The van der Waals surface area contributed by atoms with Crippen molar-refractivity contribution in [3.63, 3.8) is 0 Å². The van der Waals surface area contributed by atoms with Gasteiger partial charge in [0.25, 0.3) is 0 Å². The topological polar surface area (TPSA) is 64.1 Å². The van der Waals surface area contributed by atoms with Crippen molar-refractivity contribution in [1.82, 2.24) is 9.55 Å². The number of rotatable bonds is 4. The third-order valence-corrected chi connectivity index (χ3v) is 1.89. The summed E-state index contributed by atoms with van der Waals surface area (Å²) >= 11 is 0. The van der Waals surface area contributed by atoms with Gasteiger partial charge < -0.3 is 15.4 Å². The summed E-state index contributed by atoms with van der Waals surface area (Å²) in [5.74, 6) is 0.988. The monoisotopic (exact) mass is 169 g/mol. The molecule has 1 aromatic rings. The average molecular weight is 169 g/mol. The molecule has 1 heterocycles. The molecule has 0 saturated heterocycles. The van der Waals surface area contributed by atoms with Gasteiger partial charge in [-0.1, -0.05) is 0 Å². The molecule has 12 heavy (non-hydrogen) atoms. The summed E-state index contributed by atoms with van der Waals surface area (Å²) in [5, 5.41) is 9.19. The maximum atomic E-state index is 9.19. The van der Waals surface area contributed by atoms with Crippen LogP contribution in [0.4, 0.5) is 0 Å². The summed E-state index contributed by atoms with van der Waals surface area (Å²) in [5.41, 5.74) is 5.27. The lowest BCUT2D eigenvalue weighted by atomic mass is 10.2. The maximum absolute atomic E-state index is 9.19. The summed E-state index contributed by atoms with van der Waals surface area (Å²) in [6, 6.07) is 0. The number of aryl methyl sites for hydroxylation is 2. The SMILES string of the molecule is Cn1ccnc1CCC(O)CN. The third kappa shape index (κ3) is 2.32. The molecule has 0 saturated carbocycles. The molecule has 68 valence electrons. The summed E-state index contributed by atoms with van der Waals surface area (Å²) in [6.07, 6.45) is 4.71. The summed E-state index contributed by atoms with van der Waals surface area (Å²) < 4.78 is 1.95. The number of nitrogens with zero attached hydrogens (tertiary/aromatic N) is 2. The molecule has 0 aliphatic carbocycles. The Labute approximate surface area is 72.0 Å². The van der Waals surface area contributed by atoms with Crippen molar-refractivity contribution in [1.29, 1.82) is 0 Å². The minimum absolute atomic E-state index is 0.324. The average Bonchev–Trinajstić information content (AvgIpc) is 2.47. The van der Waals surface area contributed by atoms with Gasteiger partial charge in [-0.05, 0) is 6.42 Å². The predicted molar refractivity (Wildman–Crippen MR) is 46.6 cm³/mol. The van der Waals surface area contributed by atoms with Crippen molar-refractivity contribution in [3.05, 3.63) is 18.2 Å². The van der Waals surface area contributed by atoms with Crippen LogP contribution in [0.25, 0.3) is 0 Å². The number of hydrogen-bond donors (Lipinski definition) is 2. The molecule has 3 N–H and O–H groups in total. The second-order valence-electron chi connectivity index (χ2n) is 2.88. The third-order valence-electron chi connectivity index (χ3n) is 1.89. The molecular formula is C8H15N3O. The van der Waals surface area contributed by atoms with Crippen LogP contribution >= 0.6 is 0 Å². The molecule has 0 bridgehead atoms. The van der Waals surface area contributed by atoms with Gasteiger partial charge in [0.1, 0.15) is 5.82 Å². The Balaban J connectivity index is 2.38. The maximum Gasteiger partial charge on any atom is 0.108 e. The lowest BCUT2D eigenvalue weighted by Crippen LogP contribution is -2.20. The molecule has 4 heteroatoms. The van der Waals surface area contributed by atoms with Crippen LogP contribution in [0.3, 0.4) is 0 Å². The standard InChI is InChI=1S/C8H15N3O/c1-11-5-4-10-8(11)3-2-7(12)6-9/h4-5,7,12H,2-3,6,9H2,1H3. The second-order valence-corrected chi connectivity index (χ2v) is 2.88. The zero-order valence-corrected chi connectivity index (χ0v) is 7.27. The van der Waals surface area contributed by atoms with Gasteiger partial charge in [-0.25, -0.2) is 4.98 Å². The summed E-state index contributed by atoms with van der Waals surface area (Å²) in [6.45, 7) is 0.324. The van der Waals surface area contributed by atoms with E-state index in [0.29, 0.717) is 13.0 Å². The predicted octanol–water partition coefficient (Wildman–Crippen LogP) is -0.328. The number of imidazole rings is 1. The molecule has 0 aliphatic heterocycles. The Bertz CT molecular complexity index is 234. The summed E-state index contributed by atoms with van der Waals surface area (Å²) in [4.78, 5) is 4.13. The molecule has 0 radical (unpaired) electrons. The molecule has 0 amide bonds. The van der Waals surface area contributed by atoms with E-state index in [4.69, 9.17) is 5.73 Å². The van der Waals surface area contributed by atoms with Gasteiger partial charge in [0.2, 0.25) is 0 Å². The lowest BCUT2D eigenvalue weighted by Gasteiger charge is -2.06. The van der Waals surface area contributed by atoms with Gasteiger partial charge in [-0.15, -0.1) is 0 Å². The molecule has 0 fully saturated rings. The van der Waals surface area contributed by atoms with Gasteiger partial charge in [0, 0.05) is 32.4 Å². The first-order valence-electron chi connectivity index (χ1n) is 4.08. The molecular weight excluding hydrogens is 154 g/mol. The second kappa shape index (κ2) is 4.23. The Morgan fingerprint density at radius 1 is 1.75 bits per heavy atom. The highest BCUT2D eigenvalue weighted by Gasteiger charge is 2.04. The van der Waals surface area contributed by atoms with Crippen LogP contribution in [0.1, 0.15) is 12.2 Å². The molecule has 1 atom stereocenters. The Kier molecular flexibility index (Phi) is 3.25. The number of aliphatic hydroxyl groups is 1. The molecule has 4 nitrogen and oxygen atoms in total. The summed E-state index contributed by atoms with van der Waals surface area (Å²) in [7, 11) is 1.94. The largest absolute Gasteiger partial charge is 0.392 e. The first kappa shape index (κ1) is 9.22. The quantitative estimate of drug-likeness (QED) is 0.649. The fourth-order valence-corrected chi connectivity index (χ4v) is 1.05. The minimum atomic E-state index is -0.401. The van der Waals surface area contributed by atoms with Crippen LogP contribution in [0.15, 0.2) is 12.4 Å². The van der Waals surface area contributed by atoms with Crippen LogP contribution in [-0.2, 0) is 13.5 Å². The van der Waals surface area contributed by atoms with E-state index in [-0.39, 0.29) is 0 Å². The highest BCUT2D eigenvalue weighted by Crippen LogP contribution is 2.01. The Hall–Kier alpha value is -0.870. The van der Waals surface area contributed by atoms with Gasteiger partial charge in [0.15, 0.2) is 0 Å². The van der Waals surface area contributed by atoms with Crippen LogP contribution in [0, 0.1) is 0 Å². The van der Waals surface area contributed by atoms with Gasteiger partial charge in [-0.3, -0.25) is 0 Å². The first-order chi connectivity index (χ1) is 5.74. The van der Waals surface area contributed by atoms with E-state index in [1.165, 1.54) is 0 Å². The van der Waals surface area contributed by atoms with Crippen LogP contribution < -0.4 is 5.73 Å². The fourth-order valence-electron chi connectivity index (χ4n) is 1.05. The van der Waals surface area contributed by atoms with Crippen LogP contribution in [0.2, 0.25) is 0 Å². The van der Waals surface area contributed by atoms with E-state index in [1.807, 2.05) is 17.8 Å². The fraction of sp³-hybridized carbons (Fsp3) is 0.625. The smallest absolute Gasteiger partial charge is 0.108 e. The molecule has 0 aromatic carbocycles. The number of aliphatic hydroxyl groups excluding tert-OH is 1. The van der Waals surface area contributed by atoms with Crippen molar-refractivity contribution in [2.75, 3.05) is 6.54 Å². The first-order valence-corrected chi connectivity index (χ1v) is 4.08. The van der Waals surface area contributed by atoms with Crippen molar-refractivity contribution in [2.45, 2.75) is 18.9 Å². The molecule has 0 aliphatic rings. The van der Waals surface area contributed by atoms with E-state index in [2.05, 4.69) is 4.98 Å². The highest BCUT2D eigenvalue weighted by atomic mass is 16.3. The number of nitrogens with two attached hydrogens (primary N) is 1. The molecule has 1 rings (SSSR count). The van der Waals surface area contributed by atoms with Crippen molar-refractivity contribution < 1.29 is 5.11 Å². The lowest BCUT2D eigenvalue weighted by molar-refractivity contribution is 0.172. The van der Waals surface area contributed by atoms with E-state index in [9.17, 15) is 5.11 Å². The van der Waals surface area contributed by atoms with Crippen LogP contribution in [-0.4, -0.2) is 27.3 Å². The van der Waals surface area contributed by atoms with E-state index in [1.54, 1.807) is 6.20 Å². The number of hydrogen-bond acceptors (Lipinski definition) is 3. The zero-order chi connectivity index (χ0) is 8.97. The van der Waals surface area contributed by atoms with Gasteiger partial charge >= 0.3 is 0 Å². The van der Waals surface area contributed by atoms with Crippen molar-refractivity contribution in [2.24, 2.45) is 12.8 Å². The van der Waals surface area contributed by atoms with Crippen molar-refractivity contribution in [3.8, 4) is 0 Å². The van der Waals surface area contributed by atoms with E-state index < -0.39 is 6.10 Å². The Morgan fingerprint density at radius 3 is 3.00 bits per heavy atom. The normalized spacial score (nSPS) is 13.2. The van der Waals surface area contributed by atoms with Crippen LogP contribution in [0.5, 0.6) is 0 Å². The minimum Gasteiger partial charge on any atom is -0.392 e. The highest BCUT2D eigenvalue weighted by molar-refractivity contribution is 4.91. The van der Waals surface area contributed by atoms with E-state index in [0.717, 1.165) is 12.2 Å².